The predicted octanol–water partition coefficient (Wildman–Crippen LogP) is 12.5. The van der Waals surface area contributed by atoms with Gasteiger partial charge in [0.25, 0.3) is 0 Å². The van der Waals surface area contributed by atoms with Crippen molar-refractivity contribution in [2.75, 3.05) is 0 Å². The molecule has 240 valence electrons. The topological polar surface area (TPSA) is 52.0 Å². The fourth-order valence-corrected chi connectivity index (χ4v) is 9.19. The minimum Gasteiger partial charge on any atom is -0.308 e. The fourth-order valence-electron chi connectivity index (χ4n) is 9.19. The highest BCUT2D eigenvalue weighted by Gasteiger charge is 2.39. The first-order valence-corrected chi connectivity index (χ1v) is 17.7. The number of rotatable bonds is 2. The maximum Gasteiger partial charge on any atom is 0.0991 e. The van der Waals surface area contributed by atoms with Crippen LogP contribution in [0.2, 0.25) is 0 Å². The van der Waals surface area contributed by atoms with Gasteiger partial charge in [0.15, 0.2) is 0 Å². The Morgan fingerprint density at radius 2 is 1.02 bits per heavy atom. The van der Waals surface area contributed by atoms with E-state index in [1.807, 2.05) is 48.5 Å². The Bertz CT molecular complexity index is 3250. The highest BCUT2D eigenvalue weighted by atomic mass is 14.9. The van der Waals surface area contributed by atoms with Gasteiger partial charge in [-0.05, 0) is 133 Å². The maximum atomic E-state index is 9.34. The van der Waals surface area contributed by atoms with E-state index < -0.39 is 0 Å². The molecule has 0 spiro atoms. The molecule has 2 heterocycles. The third-order valence-corrected chi connectivity index (χ3v) is 11.7. The molecule has 0 amide bonds. The second-order valence-electron chi connectivity index (χ2n) is 14.8. The van der Waals surface area contributed by atoms with E-state index >= 15 is 0 Å². The summed E-state index contributed by atoms with van der Waals surface area (Å²) >= 11 is 0. The van der Waals surface area contributed by atoms with Gasteiger partial charge < -0.3 is 4.40 Å². The van der Waals surface area contributed by atoms with E-state index in [0.717, 1.165) is 22.3 Å². The molecule has 3 nitrogen and oxygen atoms in total. The lowest BCUT2D eigenvalue weighted by atomic mass is 9.80. The van der Waals surface area contributed by atoms with E-state index in [-0.39, 0.29) is 5.41 Å². The molecule has 8 aromatic carbocycles. The van der Waals surface area contributed by atoms with E-state index in [9.17, 15) is 10.5 Å². The summed E-state index contributed by atoms with van der Waals surface area (Å²) in [6, 6.07) is 54.5. The molecule has 0 bridgehead atoms. The Balaban J connectivity index is 1.23. The van der Waals surface area contributed by atoms with Crippen LogP contribution in [0.25, 0.3) is 93.0 Å². The molecule has 2 aromatic heterocycles. The first-order chi connectivity index (χ1) is 25.4. The summed E-state index contributed by atoms with van der Waals surface area (Å²) in [5.74, 6) is 0. The van der Waals surface area contributed by atoms with Gasteiger partial charge in [-0.1, -0.05) is 86.6 Å². The second-order valence-corrected chi connectivity index (χ2v) is 14.8. The summed E-state index contributed by atoms with van der Waals surface area (Å²) in [6.07, 6.45) is 0. The molecule has 0 saturated heterocycles. The summed E-state index contributed by atoms with van der Waals surface area (Å²) in [4.78, 5) is 0. The van der Waals surface area contributed by atoms with Gasteiger partial charge >= 0.3 is 0 Å². The van der Waals surface area contributed by atoms with Crippen molar-refractivity contribution in [2.45, 2.75) is 19.3 Å². The Labute approximate surface area is 300 Å². The van der Waals surface area contributed by atoms with Crippen LogP contribution in [0.1, 0.15) is 36.1 Å². The lowest BCUT2D eigenvalue weighted by Crippen LogP contribution is -2.15. The van der Waals surface area contributed by atoms with Crippen molar-refractivity contribution in [1.82, 2.24) is 4.40 Å². The van der Waals surface area contributed by atoms with Gasteiger partial charge in [-0.15, -0.1) is 0 Å². The third kappa shape index (κ3) is 3.77. The van der Waals surface area contributed by atoms with Crippen molar-refractivity contribution in [1.29, 1.82) is 10.5 Å². The van der Waals surface area contributed by atoms with E-state index in [1.54, 1.807) is 0 Å². The van der Waals surface area contributed by atoms with Crippen LogP contribution in [0.5, 0.6) is 0 Å². The van der Waals surface area contributed by atoms with Gasteiger partial charge in [0.1, 0.15) is 0 Å². The Kier molecular flexibility index (Phi) is 5.59. The number of nitriles is 2. The quantitative estimate of drug-likeness (QED) is 0.185. The summed E-state index contributed by atoms with van der Waals surface area (Å²) in [7, 11) is 0. The molecule has 0 unspecified atom stereocenters. The molecule has 0 aliphatic heterocycles. The number of fused-ring (bicyclic) bond motifs is 12. The zero-order chi connectivity index (χ0) is 34.9. The van der Waals surface area contributed by atoms with E-state index in [0.29, 0.717) is 11.1 Å². The van der Waals surface area contributed by atoms with Crippen LogP contribution in [0.3, 0.4) is 0 Å². The van der Waals surface area contributed by atoms with Crippen molar-refractivity contribution < 1.29 is 0 Å². The summed E-state index contributed by atoms with van der Waals surface area (Å²) in [6.45, 7) is 4.77. The van der Waals surface area contributed by atoms with Crippen molar-refractivity contribution in [3.8, 4) is 45.5 Å². The van der Waals surface area contributed by atoms with E-state index in [1.165, 1.54) is 81.9 Å². The highest BCUT2D eigenvalue weighted by Crippen LogP contribution is 2.55. The van der Waals surface area contributed by atoms with Crippen molar-refractivity contribution in [2.24, 2.45) is 0 Å². The predicted molar refractivity (Wildman–Crippen MR) is 214 cm³/mol. The first-order valence-electron chi connectivity index (χ1n) is 17.7. The standard InChI is InChI=1S/C49H29N3/c1-49(2)43-6-4-3-5-38(43)40-25-41-39-21-36-19-32(30-11-7-28(26-50)8-12-30)15-17-34(36)23-44(39)52-45-24-35-18-16-33(31-13-9-29(27-51)10-14-31)20-37(35)22-42(45)46(47(40)49)48(41)52/h3-25H,1-2H3. The number of hydrogen-bond donors (Lipinski definition) is 0. The van der Waals surface area contributed by atoms with Gasteiger partial charge in [0.2, 0.25) is 0 Å². The lowest BCUT2D eigenvalue weighted by molar-refractivity contribution is 0.667. The molecule has 11 rings (SSSR count). The first kappa shape index (κ1) is 28.9. The summed E-state index contributed by atoms with van der Waals surface area (Å²) < 4.78 is 2.52. The number of benzene rings is 8. The molecule has 0 fully saturated rings. The van der Waals surface area contributed by atoms with E-state index in [4.69, 9.17) is 0 Å². The molecule has 3 heteroatoms. The van der Waals surface area contributed by atoms with Crippen LogP contribution < -0.4 is 0 Å². The average Bonchev–Trinajstić information content (AvgIpc) is 3.76. The van der Waals surface area contributed by atoms with Gasteiger partial charge in [0.05, 0.1) is 39.8 Å². The monoisotopic (exact) mass is 659 g/mol. The minimum absolute atomic E-state index is 0.168. The van der Waals surface area contributed by atoms with Crippen LogP contribution in [-0.2, 0) is 5.41 Å². The van der Waals surface area contributed by atoms with Gasteiger partial charge in [0, 0.05) is 27.0 Å². The zero-order valence-electron chi connectivity index (χ0n) is 28.6. The summed E-state index contributed by atoms with van der Waals surface area (Å²) in [5.41, 5.74) is 14.8. The van der Waals surface area contributed by atoms with Gasteiger partial charge in [-0.25, -0.2) is 0 Å². The number of aromatic nitrogens is 1. The minimum atomic E-state index is -0.168. The number of hydrogen-bond acceptors (Lipinski definition) is 2. The average molecular weight is 660 g/mol. The molecule has 0 atom stereocenters. The molecular formula is C49H29N3. The fraction of sp³-hybridized carbons (Fsp3) is 0.0612. The van der Waals surface area contributed by atoms with Crippen LogP contribution in [-0.4, -0.2) is 4.40 Å². The molecule has 1 aliphatic carbocycles. The molecule has 0 radical (unpaired) electrons. The van der Waals surface area contributed by atoms with Crippen LogP contribution in [0.15, 0.2) is 140 Å². The smallest absolute Gasteiger partial charge is 0.0991 e. The molecular weight excluding hydrogens is 631 g/mol. The Morgan fingerprint density at radius 1 is 0.481 bits per heavy atom. The molecule has 0 N–H and O–H groups in total. The zero-order valence-corrected chi connectivity index (χ0v) is 28.6. The maximum absolute atomic E-state index is 9.34. The third-order valence-electron chi connectivity index (χ3n) is 11.7. The second kappa shape index (κ2) is 10.1. The highest BCUT2D eigenvalue weighted by molar-refractivity contribution is 6.29. The van der Waals surface area contributed by atoms with E-state index in [2.05, 4.69) is 121 Å². The van der Waals surface area contributed by atoms with Gasteiger partial charge in [-0.3, -0.25) is 0 Å². The van der Waals surface area contributed by atoms with Crippen molar-refractivity contribution in [3.63, 3.8) is 0 Å². The number of nitrogens with zero attached hydrogens (tertiary/aromatic N) is 3. The van der Waals surface area contributed by atoms with Gasteiger partial charge in [-0.2, -0.15) is 10.5 Å². The Morgan fingerprint density at radius 3 is 1.62 bits per heavy atom. The molecule has 52 heavy (non-hydrogen) atoms. The SMILES string of the molecule is CC1(C)c2ccccc2-c2cc3c4cc5cc(-c6ccc(C#N)cc6)ccc5cc4n4c5cc6ccc(-c7ccc(C#N)cc7)cc6cc5c(c21)c34. The normalized spacial score (nSPS) is 13.3. The Hall–Kier alpha value is -6.94. The molecule has 0 saturated carbocycles. The molecule has 10 aromatic rings. The molecule has 1 aliphatic rings. The summed E-state index contributed by atoms with van der Waals surface area (Å²) in [5, 5.41) is 28.6. The van der Waals surface area contributed by atoms with Crippen LogP contribution in [0.4, 0.5) is 0 Å². The van der Waals surface area contributed by atoms with Crippen molar-refractivity contribution >= 4 is 59.6 Å². The largest absolute Gasteiger partial charge is 0.308 e. The van der Waals surface area contributed by atoms with Crippen molar-refractivity contribution in [3.05, 3.63) is 162 Å². The lowest BCUT2D eigenvalue weighted by Gasteiger charge is -2.22. The van der Waals surface area contributed by atoms with Crippen LogP contribution in [0, 0.1) is 22.7 Å². The van der Waals surface area contributed by atoms with Crippen LogP contribution >= 0.6 is 0 Å².